The van der Waals surface area contributed by atoms with Crippen molar-refractivity contribution in [3.05, 3.63) is 23.8 Å². The number of carboxylic acid groups (broad SMARTS) is 1. The highest BCUT2D eigenvalue weighted by atomic mass is 16.4. The Bertz CT molecular complexity index is 447. The van der Waals surface area contributed by atoms with Crippen LogP contribution in [-0.2, 0) is 0 Å². The number of hydrogen-bond donors (Lipinski definition) is 3. The number of anilines is 2. The van der Waals surface area contributed by atoms with Crippen molar-refractivity contribution >= 4 is 17.3 Å². The molecule has 0 unspecified atom stereocenters. The third kappa shape index (κ3) is 5.09. The fraction of sp³-hybridized carbons (Fsp3) is 0.533. The molecule has 0 aliphatic heterocycles. The van der Waals surface area contributed by atoms with Crippen LogP contribution in [0.5, 0.6) is 0 Å². The number of nitrogens with one attached hydrogen (secondary N) is 1. The monoisotopic (exact) mass is 279 g/mol. The molecule has 1 aromatic rings. The van der Waals surface area contributed by atoms with Gasteiger partial charge in [-0.25, -0.2) is 4.79 Å². The maximum Gasteiger partial charge on any atom is 0.337 e. The molecule has 0 fully saturated rings. The first-order chi connectivity index (χ1) is 9.41. The third-order valence-corrected chi connectivity index (χ3v) is 3.41. The van der Waals surface area contributed by atoms with Crippen LogP contribution in [0.2, 0.25) is 0 Å². The summed E-state index contributed by atoms with van der Waals surface area (Å²) in [5.74, 6) is -0.959. The normalized spacial score (nSPS) is 11.1. The van der Waals surface area contributed by atoms with Gasteiger partial charge >= 0.3 is 5.97 Å². The van der Waals surface area contributed by atoms with E-state index in [1.165, 1.54) is 6.07 Å². The zero-order chi connectivity index (χ0) is 15.1. The van der Waals surface area contributed by atoms with Crippen molar-refractivity contribution in [2.24, 2.45) is 0 Å². The lowest BCUT2D eigenvalue weighted by Gasteiger charge is -2.20. The van der Waals surface area contributed by atoms with Gasteiger partial charge in [0.2, 0.25) is 0 Å². The number of rotatable bonds is 8. The van der Waals surface area contributed by atoms with Gasteiger partial charge in [0.1, 0.15) is 0 Å². The molecule has 0 aliphatic carbocycles. The number of nitrogens with two attached hydrogens (primary N) is 1. The largest absolute Gasteiger partial charge is 0.478 e. The van der Waals surface area contributed by atoms with E-state index in [4.69, 9.17) is 10.8 Å². The minimum Gasteiger partial charge on any atom is -0.478 e. The molecule has 4 N–H and O–H groups in total. The van der Waals surface area contributed by atoms with Crippen molar-refractivity contribution in [3.63, 3.8) is 0 Å². The molecular formula is C15H25N3O2. The third-order valence-electron chi connectivity index (χ3n) is 3.41. The maximum absolute atomic E-state index is 11.1. The van der Waals surface area contributed by atoms with E-state index in [0.29, 0.717) is 17.4 Å². The summed E-state index contributed by atoms with van der Waals surface area (Å²) in [6, 6.07) is 5.47. The number of nitrogens with zero attached hydrogens (tertiary/aromatic N) is 1. The minimum atomic E-state index is -0.959. The molecule has 0 heterocycles. The van der Waals surface area contributed by atoms with E-state index < -0.39 is 5.97 Å². The van der Waals surface area contributed by atoms with Gasteiger partial charge in [0.05, 0.1) is 5.56 Å². The van der Waals surface area contributed by atoms with Gasteiger partial charge in [-0.1, -0.05) is 0 Å². The van der Waals surface area contributed by atoms with Gasteiger partial charge < -0.3 is 21.1 Å². The van der Waals surface area contributed by atoms with Gasteiger partial charge in [-0.2, -0.15) is 0 Å². The molecule has 0 saturated carbocycles. The van der Waals surface area contributed by atoms with Crippen molar-refractivity contribution in [1.29, 1.82) is 0 Å². The van der Waals surface area contributed by atoms with Gasteiger partial charge in [-0.3, -0.25) is 0 Å². The van der Waals surface area contributed by atoms with Crippen molar-refractivity contribution in [2.45, 2.75) is 32.7 Å². The molecule has 0 atom stereocenters. The number of benzene rings is 1. The average Bonchev–Trinajstić information content (AvgIpc) is 2.39. The van der Waals surface area contributed by atoms with E-state index in [9.17, 15) is 4.79 Å². The lowest BCUT2D eigenvalue weighted by Crippen LogP contribution is -2.27. The van der Waals surface area contributed by atoms with Crippen LogP contribution in [0.25, 0.3) is 0 Å². The Hall–Kier alpha value is -1.75. The Balaban J connectivity index is 2.41. The molecule has 0 aliphatic rings. The number of nitrogen functional groups attached to an aromatic ring is 1. The highest BCUT2D eigenvalue weighted by molar-refractivity contribution is 5.95. The SMILES string of the molecule is CC(C)N(C)CCCCNc1ccc(N)cc1C(=O)O. The lowest BCUT2D eigenvalue weighted by atomic mass is 10.1. The Morgan fingerprint density at radius 3 is 2.70 bits per heavy atom. The van der Waals surface area contributed by atoms with Gasteiger partial charge in [0, 0.05) is 24.0 Å². The Kier molecular flexibility index (Phi) is 6.31. The number of unbranched alkanes of at least 4 members (excludes halogenated alkanes) is 1. The predicted molar refractivity (Wildman–Crippen MR) is 83.3 cm³/mol. The van der Waals surface area contributed by atoms with Crippen molar-refractivity contribution in [1.82, 2.24) is 4.90 Å². The summed E-state index contributed by atoms with van der Waals surface area (Å²) in [4.78, 5) is 13.4. The summed E-state index contributed by atoms with van der Waals surface area (Å²) < 4.78 is 0. The minimum absolute atomic E-state index is 0.226. The maximum atomic E-state index is 11.1. The first kappa shape index (κ1) is 16.3. The molecule has 0 aromatic heterocycles. The molecular weight excluding hydrogens is 254 g/mol. The van der Waals surface area contributed by atoms with Crippen molar-refractivity contribution in [3.8, 4) is 0 Å². The zero-order valence-corrected chi connectivity index (χ0v) is 12.5. The highest BCUT2D eigenvalue weighted by Gasteiger charge is 2.10. The summed E-state index contributed by atoms with van der Waals surface area (Å²) in [5, 5.41) is 12.3. The molecule has 1 aromatic carbocycles. The molecule has 0 bridgehead atoms. The van der Waals surface area contributed by atoms with E-state index in [1.54, 1.807) is 12.1 Å². The topological polar surface area (TPSA) is 78.6 Å². The summed E-state index contributed by atoms with van der Waals surface area (Å²) in [7, 11) is 2.11. The second-order valence-electron chi connectivity index (χ2n) is 5.32. The van der Waals surface area contributed by atoms with Gasteiger partial charge in [0.25, 0.3) is 0 Å². The first-order valence-corrected chi connectivity index (χ1v) is 6.98. The standard InChI is InChI=1S/C15H25N3O2/c1-11(2)18(3)9-5-4-8-17-14-7-6-12(16)10-13(14)15(19)20/h6-7,10-11,17H,4-5,8-9,16H2,1-3H3,(H,19,20). The van der Waals surface area contributed by atoms with Gasteiger partial charge in [0.15, 0.2) is 0 Å². The number of aromatic carboxylic acids is 1. The van der Waals surface area contributed by atoms with Gasteiger partial charge in [-0.15, -0.1) is 0 Å². The van der Waals surface area contributed by atoms with Crippen LogP contribution in [0.15, 0.2) is 18.2 Å². The molecule has 0 amide bonds. The van der Waals surface area contributed by atoms with Crippen LogP contribution in [0.1, 0.15) is 37.0 Å². The zero-order valence-electron chi connectivity index (χ0n) is 12.5. The summed E-state index contributed by atoms with van der Waals surface area (Å²) in [6.45, 7) is 6.15. The molecule has 112 valence electrons. The molecule has 0 radical (unpaired) electrons. The van der Waals surface area contributed by atoms with Crippen LogP contribution in [0, 0.1) is 0 Å². The van der Waals surface area contributed by atoms with E-state index in [2.05, 4.69) is 31.1 Å². The number of carbonyl (C=O) groups is 1. The number of carboxylic acids is 1. The van der Waals surface area contributed by atoms with E-state index in [-0.39, 0.29) is 5.56 Å². The van der Waals surface area contributed by atoms with Crippen LogP contribution in [-0.4, -0.2) is 42.2 Å². The highest BCUT2D eigenvalue weighted by Crippen LogP contribution is 2.19. The molecule has 0 saturated heterocycles. The van der Waals surface area contributed by atoms with Crippen molar-refractivity contribution in [2.75, 3.05) is 31.2 Å². The molecule has 5 heteroatoms. The van der Waals surface area contributed by atoms with E-state index in [0.717, 1.165) is 25.9 Å². The molecule has 1 rings (SSSR count). The van der Waals surface area contributed by atoms with Gasteiger partial charge in [-0.05, 0) is 58.5 Å². The van der Waals surface area contributed by atoms with Crippen LogP contribution >= 0.6 is 0 Å². The quantitative estimate of drug-likeness (QED) is 0.503. The summed E-state index contributed by atoms with van der Waals surface area (Å²) >= 11 is 0. The fourth-order valence-corrected chi connectivity index (χ4v) is 1.86. The van der Waals surface area contributed by atoms with Crippen molar-refractivity contribution < 1.29 is 9.90 Å². The summed E-state index contributed by atoms with van der Waals surface area (Å²) in [6.07, 6.45) is 2.08. The number of hydrogen-bond acceptors (Lipinski definition) is 4. The fourth-order valence-electron chi connectivity index (χ4n) is 1.86. The van der Waals surface area contributed by atoms with Crippen LogP contribution in [0.3, 0.4) is 0 Å². The summed E-state index contributed by atoms with van der Waals surface area (Å²) in [5.41, 5.74) is 6.93. The lowest BCUT2D eigenvalue weighted by molar-refractivity contribution is 0.0698. The molecule has 0 spiro atoms. The molecule has 5 nitrogen and oxygen atoms in total. The van der Waals surface area contributed by atoms with E-state index in [1.807, 2.05) is 0 Å². The Morgan fingerprint density at radius 2 is 2.10 bits per heavy atom. The Labute approximate surface area is 120 Å². The van der Waals surface area contributed by atoms with Crippen LogP contribution < -0.4 is 11.1 Å². The average molecular weight is 279 g/mol. The second kappa shape index (κ2) is 7.75. The van der Waals surface area contributed by atoms with Crippen LogP contribution in [0.4, 0.5) is 11.4 Å². The first-order valence-electron chi connectivity index (χ1n) is 6.98. The Morgan fingerprint density at radius 1 is 1.40 bits per heavy atom. The smallest absolute Gasteiger partial charge is 0.337 e. The second-order valence-corrected chi connectivity index (χ2v) is 5.32. The molecule has 20 heavy (non-hydrogen) atoms. The van der Waals surface area contributed by atoms with E-state index >= 15 is 0 Å². The predicted octanol–water partition coefficient (Wildman–Crippen LogP) is 2.50.